The maximum Gasteiger partial charge on any atom is 0.283 e. The van der Waals surface area contributed by atoms with Crippen molar-refractivity contribution in [3.63, 3.8) is 0 Å². The number of nitrogens with zero attached hydrogens (tertiary/aromatic N) is 5. The fourth-order valence-electron chi connectivity index (χ4n) is 5.41. The molecular weight excluding hydrogens is 556 g/mol. The standard InChI is InChI=1S/C30H32N6O5S/c1-20-28-24(18-27(38)34(20)13-5-12-33-14-16-41-17-15-33)35(19-26(37)31-21-8-10-22(40-2)11-9-21)36(29(28)39)30-32-23-6-3-4-7-25(23)42-30/h3-4,6-11,18H,5,12-17,19H2,1-2H3,(H,31,37). The van der Waals surface area contributed by atoms with Gasteiger partial charge in [-0.25, -0.2) is 4.98 Å². The zero-order valence-electron chi connectivity index (χ0n) is 23.5. The molecule has 0 spiro atoms. The Morgan fingerprint density at radius 2 is 1.83 bits per heavy atom. The summed E-state index contributed by atoms with van der Waals surface area (Å²) in [5, 5.41) is 3.71. The van der Waals surface area contributed by atoms with E-state index in [4.69, 9.17) is 14.5 Å². The largest absolute Gasteiger partial charge is 0.497 e. The van der Waals surface area contributed by atoms with Crippen LogP contribution in [0, 0.1) is 6.92 Å². The number of hydrogen-bond acceptors (Lipinski definition) is 8. The number of aromatic nitrogens is 4. The number of pyridine rings is 1. The van der Waals surface area contributed by atoms with Crippen LogP contribution in [0.3, 0.4) is 0 Å². The van der Waals surface area contributed by atoms with Crippen LogP contribution in [0.2, 0.25) is 0 Å². The van der Waals surface area contributed by atoms with E-state index in [0.29, 0.717) is 39.7 Å². The van der Waals surface area contributed by atoms with Crippen LogP contribution in [0.25, 0.3) is 26.3 Å². The van der Waals surface area contributed by atoms with Crippen LogP contribution < -0.4 is 21.2 Å². The van der Waals surface area contributed by atoms with E-state index in [1.54, 1.807) is 47.5 Å². The minimum absolute atomic E-state index is 0.194. The van der Waals surface area contributed by atoms with Gasteiger partial charge in [-0.1, -0.05) is 23.5 Å². The second-order valence-electron chi connectivity index (χ2n) is 10.2. The molecule has 1 saturated heterocycles. The maximum absolute atomic E-state index is 14.1. The monoisotopic (exact) mass is 588 g/mol. The highest BCUT2D eigenvalue weighted by atomic mass is 32.1. The van der Waals surface area contributed by atoms with Crippen LogP contribution in [0.15, 0.2) is 64.2 Å². The van der Waals surface area contributed by atoms with Gasteiger partial charge in [0.05, 0.1) is 41.4 Å². The summed E-state index contributed by atoms with van der Waals surface area (Å²) in [7, 11) is 1.58. The minimum atomic E-state index is -0.348. The average molecular weight is 589 g/mol. The van der Waals surface area contributed by atoms with Gasteiger partial charge in [0.1, 0.15) is 12.3 Å². The van der Waals surface area contributed by atoms with Gasteiger partial charge in [0.2, 0.25) is 11.0 Å². The van der Waals surface area contributed by atoms with Crippen molar-refractivity contribution >= 4 is 44.1 Å². The molecule has 12 heteroatoms. The van der Waals surface area contributed by atoms with Crippen LogP contribution in [0.4, 0.5) is 5.69 Å². The third-order valence-electron chi connectivity index (χ3n) is 7.57. The fourth-order valence-corrected chi connectivity index (χ4v) is 6.38. The number of thiazole rings is 1. The lowest BCUT2D eigenvalue weighted by molar-refractivity contribution is -0.116. The Kier molecular flexibility index (Phi) is 7.92. The molecule has 0 bridgehead atoms. The SMILES string of the molecule is COc1ccc(NC(=O)Cn2c3cc(=O)n(CCCN4CCOCC4)c(C)c3c(=O)n2-c2nc3ccccc3s2)cc1. The topological polar surface area (TPSA) is 113 Å². The molecule has 2 aromatic carbocycles. The molecule has 1 amide bonds. The molecule has 1 fully saturated rings. The van der Waals surface area contributed by atoms with E-state index < -0.39 is 0 Å². The number of rotatable bonds is 9. The van der Waals surface area contributed by atoms with E-state index in [0.717, 1.165) is 49.5 Å². The summed E-state index contributed by atoms with van der Waals surface area (Å²) >= 11 is 1.36. The average Bonchev–Trinajstić information content (AvgIpc) is 3.53. The lowest BCUT2D eigenvalue weighted by Gasteiger charge is -2.26. The summed E-state index contributed by atoms with van der Waals surface area (Å²) in [5.41, 5.74) is 1.78. The second-order valence-corrected chi connectivity index (χ2v) is 11.2. The summed E-state index contributed by atoms with van der Waals surface area (Å²) in [6.45, 7) is 6.12. The Labute approximate surface area is 245 Å². The number of amides is 1. The molecule has 11 nitrogen and oxygen atoms in total. The Bertz CT molecular complexity index is 1830. The van der Waals surface area contributed by atoms with Crippen molar-refractivity contribution in [3.05, 3.63) is 81.0 Å². The van der Waals surface area contributed by atoms with Crippen molar-refractivity contribution in [2.24, 2.45) is 0 Å². The smallest absolute Gasteiger partial charge is 0.283 e. The Hall–Kier alpha value is -4.26. The number of para-hydroxylation sites is 1. The van der Waals surface area contributed by atoms with Crippen molar-refractivity contribution in [2.45, 2.75) is 26.4 Å². The lowest BCUT2D eigenvalue weighted by Crippen LogP contribution is -2.37. The van der Waals surface area contributed by atoms with Crippen LogP contribution in [-0.2, 0) is 22.6 Å². The first-order valence-corrected chi connectivity index (χ1v) is 14.7. The number of carbonyl (C=O) groups excluding carboxylic acids is 1. The van der Waals surface area contributed by atoms with Gasteiger partial charge in [-0.3, -0.25) is 24.0 Å². The summed E-state index contributed by atoms with van der Waals surface area (Å²) < 4.78 is 16.2. The van der Waals surface area contributed by atoms with Gasteiger partial charge >= 0.3 is 0 Å². The summed E-state index contributed by atoms with van der Waals surface area (Å²) in [6.07, 6.45) is 0.767. The summed E-state index contributed by atoms with van der Waals surface area (Å²) in [6, 6.07) is 16.1. The normalized spacial score (nSPS) is 14.0. The molecule has 5 aromatic rings. The van der Waals surface area contributed by atoms with Gasteiger partial charge in [0.25, 0.3) is 11.1 Å². The van der Waals surface area contributed by atoms with Crippen LogP contribution in [0.5, 0.6) is 5.75 Å². The van der Waals surface area contributed by atoms with E-state index >= 15 is 0 Å². The third kappa shape index (κ3) is 5.48. The maximum atomic E-state index is 14.1. The highest BCUT2D eigenvalue weighted by Gasteiger charge is 2.23. The number of aryl methyl sites for hydroxylation is 1. The molecule has 3 aromatic heterocycles. The third-order valence-corrected chi connectivity index (χ3v) is 8.58. The first kappa shape index (κ1) is 27.9. The van der Waals surface area contributed by atoms with Crippen molar-refractivity contribution in [3.8, 4) is 10.9 Å². The molecule has 0 saturated carbocycles. The molecule has 6 rings (SSSR count). The predicted octanol–water partition coefficient (Wildman–Crippen LogP) is 3.24. The molecule has 0 aliphatic carbocycles. The number of nitrogens with one attached hydrogen (secondary N) is 1. The molecule has 0 unspecified atom stereocenters. The van der Waals surface area contributed by atoms with E-state index in [-0.39, 0.29) is 23.6 Å². The predicted molar refractivity (Wildman–Crippen MR) is 163 cm³/mol. The number of benzene rings is 2. The molecule has 1 N–H and O–H groups in total. The molecule has 1 aliphatic heterocycles. The Morgan fingerprint density at radius 1 is 1.07 bits per heavy atom. The fraction of sp³-hybridized carbons (Fsp3) is 0.333. The Balaban J connectivity index is 1.39. The van der Waals surface area contributed by atoms with Gasteiger partial charge in [-0.15, -0.1) is 0 Å². The number of methoxy groups -OCH3 is 1. The molecule has 0 atom stereocenters. The number of anilines is 1. The first-order valence-electron chi connectivity index (χ1n) is 13.9. The summed E-state index contributed by atoms with van der Waals surface area (Å²) in [5.74, 6) is 0.324. The Morgan fingerprint density at radius 3 is 2.57 bits per heavy atom. The molecule has 0 radical (unpaired) electrons. The van der Waals surface area contributed by atoms with E-state index in [1.807, 2.05) is 24.3 Å². The van der Waals surface area contributed by atoms with Crippen molar-refractivity contribution in [2.75, 3.05) is 45.3 Å². The number of fused-ring (bicyclic) bond motifs is 2. The van der Waals surface area contributed by atoms with Gasteiger partial charge in [-0.05, 0) is 49.7 Å². The van der Waals surface area contributed by atoms with Gasteiger partial charge in [0, 0.05) is 43.6 Å². The quantitative estimate of drug-likeness (QED) is 0.281. The van der Waals surface area contributed by atoms with E-state index in [1.165, 1.54) is 22.1 Å². The highest BCUT2D eigenvalue weighted by Crippen LogP contribution is 2.26. The number of morpholine rings is 1. The molecule has 4 heterocycles. The van der Waals surface area contributed by atoms with Gasteiger partial charge < -0.3 is 19.4 Å². The summed E-state index contributed by atoms with van der Waals surface area (Å²) in [4.78, 5) is 47.8. The van der Waals surface area contributed by atoms with E-state index in [2.05, 4.69) is 10.2 Å². The number of carbonyl (C=O) groups is 1. The number of hydrogen-bond donors (Lipinski definition) is 1. The van der Waals surface area contributed by atoms with E-state index in [9.17, 15) is 14.4 Å². The van der Waals surface area contributed by atoms with Crippen LogP contribution in [-0.4, -0.2) is 69.7 Å². The zero-order valence-corrected chi connectivity index (χ0v) is 24.4. The van der Waals surface area contributed by atoms with Crippen LogP contribution >= 0.6 is 11.3 Å². The molecule has 218 valence electrons. The van der Waals surface area contributed by atoms with Gasteiger partial charge in [0.15, 0.2) is 0 Å². The second kappa shape index (κ2) is 11.9. The minimum Gasteiger partial charge on any atom is -0.497 e. The van der Waals surface area contributed by atoms with Crippen molar-refractivity contribution in [1.82, 2.24) is 23.8 Å². The highest BCUT2D eigenvalue weighted by molar-refractivity contribution is 7.20. The van der Waals surface area contributed by atoms with Crippen molar-refractivity contribution in [1.29, 1.82) is 0 Å². The van der Waals surface area contributed by atoms with Crippen molar-refractivity contribution < 1.29 is 14.3 Å². The molecule has 42 heavy (non-hydrogen) atoms. The lowest BCUT2D eigenvalue weighted by atomic mass is 10.2. The number of ether oxygens (including phenoxy) is 2. The van der Waals surface area contributed by atoms with Gasteiger partial charge in [-0.2, -0.15) is 4.68 Å². The first-order chi connectivity index (χ1) is 20.4. The molecule has 1 aliphatic rings. The van der Waals surface area contributed by atoms with Crippen LogP contribution in [0.1, 0.15) is 12.1 Å². The molecular formula is C30H32N6O5S. The zero-order chi connectivity index (χ0) is 29.2.